The monoisotopic (exact) mass is 267 g/mol. The number of hydrogen-bond donors (Lipinski definition) is 2. The molecule has 102 valence electrons. The molecule has 0 fully saturated rings. The lowest BCUT2D eigenvalue weighted by molar-refractivity contribution is -0.0489. The van der Waals surface area contributed by atoms with Gasteiger partial charge in [-0.15, -0.1) is 0 Å². The predicted molar refractivity (Wildman–Crippen MR) is 70.2 cm³/mol. The lowest BCUT2D eigenvalue weighted by atomic mass is 10.1. The predicted octanol–water partition coefficient (Wildman–Crippen LogP) is 3.07. The average molecular weight is 267 g/mol. The maximum Gasteiger partial charge on any atom is 0.387 e. The fourth-order valence-electron chi connectivity index (χ4n) is 1.97. The molecule has 6 heteroatoms. The number of nitrogens with zero attached hydrogens (tertiary/aromatic N) is 1. The number of aromatic nitrogens is 1. The van der Waals surface area contributed by atoms with Crippen molar-refractivity contribution in [2.45, 2.75) is 26.4 Å². The third-order valence-electron chi connectivity index (χ3n) is 2.73. The van der Waals surface area contributed by atoms with E-state index in [2.05, 4.69) is 15.1 Å². The number of para-hydroxylation sites is 1. The third kappa shape index (κ3) is 2.90. The summed E-state index contributed by atoms with van der Waals surface area (Å²) < 4.78 is 29.3. The summed E-state index contributed by atoms with van der Waals surface area (Å²) in [5.41, 5.74) is 4.39. The molecule has 0 aliphatic rings. The number of nitrogens with one attached hydrogen (secondary N) is 1. The Morgan fingerprint density at radius 1 is 1.42 bits per heavy atom. The van der Waals surface area contributed by atoms with Crippen molar-refractivity contribution < 1.29 is 13.5 Å². The van der Waals surface area contributed by atoms with Gasteiger partial charge in [0.05, 0.1) is 5.69 Å². The third-order valence-corrected chi connectivity index (χ3v) is 2.73. The number of nitrogen functional groups attached to an aromatic ring is 1. The molecular weight excluding hydrogens is 252 g/mol. The molecule has 2 aromatic rings. The van der Waals surface area contributed by atoms with Crippen molar-refractivity contribution >= 4 is 16.6 Å². The summed E-state index contributed by atoms with van der Waals surface area (Å²) >= 11 is 0. The normalized spacial score (nSPS) is 11.0. The molecule has 1 aromatic heterocycles. The molecule has 4 nitrogen and oxygen atoms in total. The fourth-order valence-corrected chi connectivity index (χ4v) is 1.97. The van der Waals surface area contributed by atoms with Gasteiger partial charge < -0.3 is 10.2 Å². The van der Waals surface area contributed by atoms with E-state index in [0.717, 1.165) is 18.5 Å². The number of halogens is 2. The SMILES string of the molecule is CCCc1cc(NN)c2cccc(OC(F)F)c2n1. The zero-order valence-electron chi connectivity index (χ0n) is 10.5. The zero-order valence-corrected chi connectivity index (χ0v) is 10.5. The van der Waals surface area contributed by atoms with Crippen LogP contribution < -0.4 is 16.0 Å². The van der Waals surface area contributed by atoms with Gasteiger partial charge in [-0.05, 0) is 18.6 Å². The number of anilines is 1. The van der Waals surface area contributed by atoms with Gasteiger partial charge >= 0.3 is 6.61 Å². The number of fused-ring (bicyclic) bond motifs is 1. The molecule has 0 amide bonds. The first-order chi connectivity index (χ1) is 9.15. The van der Waals surface area contributed by atoms with Crippen molar-refractivity contribution in [1.82, 2.24) is 4.98 Å². The van der Waals surface area contributed by atoms with Crippen molar-refractivity contribution in [2.75, 3.05) is 5.43 Å². The molecule has 1 aromatic carbocycles. The zero-order chi connectivity index (χ0) is 13.8. The first-order valence-corrected chi connectivity index (χ1v) is 5.99. The molecule has 0 aliphatic carbocycles. The first-order valence-electron chi connectivity index (χ1n) is 5.99. The van der Waals surface area contributed by atoms with Crippen LogP contribution in [0.25, 0.3) is 10.9 Å². The quantitative estimate of drug-likeness (QED) is 0.645. The molecule has 0 unspecified atom stereocenters. The van der Waals surface area contributed by atoms with Crippen LogP contribution in [0.15, 0.2) is 24.3 Å². The lowest BCUT2D eigenvalue weighted by Crippen LogP contribution is -2.09. The topological polar surface area (TPSA) is 60.2 Å². The van der Waals surface area contributed by atoms with E-state index < -0.39 is 6.61 Å². The molecule has 0 spiro atoms. The summed E-state index contributed by atoms with van der Waals surface area (Å²) in [5.74, 6) is 5.52. The second kappa shape index (κ2) is 5.79. The van der Waals surface area contributed by atoms with Crippen LogP contribution in [0.5, 0.6) is 5.75 Å². The van der Waals surface area contributed by atoms with Crippen molar-refractivity contribution in [2.24, 2.45) is 5.84 Å². The van der Waals surface area contributed by atoms with Gasteiger partial charge in [0.1, 0.15) is 5.52 Å². The van der Waals surface area contributed by atoms with Crippen LogP contribution in [-0.2, 0) is 6.42 Å². The van der Waals surface area contributed by atoms with E-state index in [1.54, 1.807) is 12.1 Å². The Morgan fingerprint density at radius 3 is 2.84 bits per heavy atom. The van der Waals surface area contributed by atoms with E-state index in [1.807, 2.05) is 13.0 Å². The standard InChI is InChI=1S/C13H15F2N3O/c1-2-4-8-7-10(18-16)9-5-3-6-11(12(9)17-8)19-13(14)15/h3,5-7,13H,2,4,16H2,1H3,(H,17,18). The smallest absolute Gasteiger partial charge is 0.387 e. The van der Waals surface area contributed by atoms with Crippen molar-refractivity contribution in [3.05, 3.63) is 30.0 Å². The number of benzene rings is 1. The van der Waals surface area contributed by atoms with Crippen LogP contribution in [0.1, 0.15) is 19.0 Å². The van der Waals surface area contributed by atoms with Crippen LogP contribution in [0.2, 0.25) is 0 Å². The minimum atomic E-state index is -2.88. The number of pyridine rings is 1. The van der Waals surface area contributed by atoms with E-state index in [-0.39, 0.29) is 5.75 Å². The van der Waals surface area contributed by atoms with Gasteiger partial charge in [-0.2, -0.15) is 8.78 Å². The number of ether oxygens (including phenoxy) is 1. The number of hydrazine groups is 1. The molecule has 2 rings (SSSR count). The number of nitrogens with two attached hydrogens (primary N) is 1. The highest BCUT2D eigenvalue weighted by molar-refractivity contribution is 5.94. The molecule has 0 saturated heterocycles. The summed E-state index contributed by atoms with van der Waals surface area (Å²) in [4.78, 5) is 4.37. The highest BCUT2D eigenvalue weighted by Gasteiger charge is 2.12. The van der Waals surface area contributed by atoms with Gasteiger partial charge in [-0.25, -0.2) is 4.98 Å². The Kier molecular flexibility index (Phi) is 4.11. The van der Waals surface area contributed by atoms with Gasteiger partial charge in [-0.1, -0.05) is 25.5 Å². The molecule has 0 radical (unpaired) electrons. The van der Waals surface area contributed by atoms with Crippen LogP contribution >= 0.6 is 0 Å². The summed E-state index contributed by atoms with van der Waals surface area (Å²) in [5, 5.41) is 0.653. The van der Waals surface area contributed by atoms with Crippen molar-refractivity contribution in [3.63, 3.8) is 0 Å². The van der Waals surface area contributed by atoms with Crippen molar-refractivity contribution in [1.29, 1.82) is 0 Å². The maximum atomic E-state index is 12.4. The number of alkyl halides is 2. The van der Waals surface area contributed by atoms with E-state index in [4.69, 9.17) is 5.84 Å². The van der Waals surface area contributed by atoms with Gasteiger partial charge in [0, 0.05) is 11.1 Å². The molecule has 1 heterocycles. The first kappa shape index (κ1) is 13.5. The largest absolute Gasteiger partial charge is 0.432 e. The summed E-state index contributed by atoms with van der Waals surface area (Å²) in [6.07, 6.45) is 1.65. The van der Waals surface area contributed by atoms with E-state index >= 15 is 0 Å². The Balaban J connectivity index is 2.61. The molecule has 0 aliphatic heterocycles. The van der Waals surface area contributed by atoms with Gasteiger partial charge in [0.15, 0.2) is 5.75 Å². The second-order valence-electron chi connectivity index (χ2n) is 4.09. The van der Waals surface area contributed by atoms with Crippen LogP contribution in [0, 0.1) is 0 Å². The highest BCUT2D eigenvalue weighted by atomic mass is 19.3. The Bertz CT molecular complexity index is 575. The molecule has 0 bridgehead atoms. The Morgan fingerprint density at radius 2 is 2.21 bits per heavy atom. The highest BCUT2D eigenvalue weighted by Crippen LogP contribution is 2.30. The summed E-state index contributed by atoms with van der Waals surface area (Å²) in [6, 6.07) is 6.67. The minimum Gasteiger partial charge on any atom is -0.432 e. The Labute approximate surface area is 109 Å². The number of hydrogen-bond acceptors (Lipinski definition) is 4. The average Bonchev–Trinajstić information content (AvgIpc) is 2.38. The molecule has 0 atom stereocenters. The summed E-state index contributed by atoms with van der Waals surface area (Å²) in [7, 11) is 0. The van der Waals surface area contributed by atoms with Crippen molar-refractivity contribution in [3.8, 4) is 5.75 Å². The molecular formula is C13H15F2N3O. The second-order valence-corrected chi connectivity index (χ2v) is 4.09. The van der Waals surface area contributed by atoms with Gasteiger partial charge in [-0.3, -0.25) is 5.84 Å². The van der Waals surface area contributed by atoms with Crippen LogP contribution in [0.3, 0.4) is 0 Å². The van der Waals surface area contributed by atoms with E-state index in [1.165, 1.54) is 6.07 Å². The van der Waals surface area contributed by atoms with Crippen LogP contribution in [0.4, 0.5) is 14.5 Å². The van der Waals surface area contributed by atoms with Gasteiger partial charge in [0.25, 0.3) is 0 Å². The van der Waals surface area contributed by atoms with E-state index in [0.29, 0.717) is 16.6 Å². The van der Waals surface area contributed by atoms with E-state index in [9.17, 15) is 8.78 Å². The summed E-state index contributed by atoms with van der Waals surface area (Å²) in [6.45, 7) is -0.861. The molecule has 0 saturated carbocycles. The lowest BCUT2D eigenvalue weighted by Gasteiger charge is -2.12. The Hall–Kier alpha value is -1.95. The molecule has 19 heavy (non-hydrogen) atoms. The number of aryl methyl sites for hydroxylation is 1. The van der Waals surface area contributed by atoms with Gasteiger partial charge in [0.2, 0.25) is 0 Å². The van der Waals surface area contributed by atoms with Crippen LogP contribution in [-0.4, -0.2) is 11.6 Å². The fraction of sp³-hybridized carbons (Fsp3) is 0.308. The number of rotatable bonds is 5. The molecule has 3 N–H and O–H groups in total. The minimum absolute atomic E-state index is 0.0574. The maximum absolute atomic E-state index is 12.4.